The van der Waals surface area contributed by atoms with Gasteiger partial charge in [-0.25, -0.2) is 8.42 Å². The van der Waals surface area contributed by atoms with E-state index in [9.17, 15) is 8.42 Å². The number of ether oxygens (including phenoxy) is 1. The molecule has 2 heterocycles. The summed E-state index contributed by atoms with van der Waals surface area (Å²) in [4.78, 5) is 0.353. The normalized spacial score (nSPS) is 25.9. The van der Waals surface area contributed by atoms with E-state index in [0.29, 0.717) is 18.0 Å². The summed E-state index contributed by atoms with van der Waals surface area (Å²) >= 11 is 0. The number of piperidine rings is 1. The van der Waals surface area contributed by atoms with Crippen LogP contribution >= 0.6 is 0 Å². The molecule has 2 atom stereocenters. The first-order valence-corrected chi connectivity index (χ1v) is 9.53. The van der Waals surface area contributed by atoms with Crippen molar-refractivity contribution in [3.63, 3.8) is 0 Å². The standard InChI is InChI=1S/C16H24N2O3S/c1-3-13-11-17-15-10-14(7-8-16(15)21-13)22(19,20)18-9-5-4-6-12(18)2/h7-8,10,12-13,17H,3-6,9,11H2,1-2H3. The molecule has 5 nitrogen and oxygen atoms in total. The summed E-state index contributed by atoms with van der Waals surface area (Å²) in [5, 5.41) is 3.28. The van der Waals surface area contributed by atoms with Gasteiger partial charge in [-0.15, -0.1) is 0 Å². The lowest BCUT2D eigenvalue weighted by Gasteiger charge is -2.33. The van der Waals surface area contributed by atoms with Gasteiger partial charge in [0.25, 0.3) is 0 Å². The van der Waals surface area contributed by atoms with E-state index >= 15 is 0 Å². The molecule has 0 radical (unpaired) electrons. The summed E-state index contributed by atoms with van der Waals surface area (Å²) < 4.78 is 33.2. The summed E-state index contributed by atoms with van der Waals surface area (Å²) in [5.74, 6) is 0.740. The second-order valence-corrected chi connectivity index (χ2v) is 8.04. The SMILES string of the molecule is CCC1CNc2cc(S(=O)(=O)N3CCCCC3C)ccc2O1. The third-order valence-corrected chi connectivity index (χ3v) is 6.58. The number of anilines is 1. The highest BCUT2D eigenvalue weighted by molar-refractivity contribution is 7.89. The zero-order valence-corrected chi connectivity index (χ0v) is 14.0. The van der Waals surface area contributed by atoms with Gasteiger partial charge in [0.1, 0.15) is 11.9 Å². The van der Waals surface area contributed by atoms with Crippen LogP contribution in [0, 0.1) is 0 Å². The van der Waals surface area contributed by atoms with Gasteiger partial charge in [-0.05, 0) is 44.4 Å². The Morgan fingerprint density at radius 2 is 2.18 bits per heavy atom. The molecule has 0 aromatic heterocycles. The molecule has 2 unspecified atom stereocenters. The van der Waals surface area contributed by atoms with Crippen LogP contribution in [-0.4, -0.2) is 38.0 Å². The number of sulfonamides is 1. The van der Waals surface area contributed by atoms with Crippen molar-refractivity contribution in [2.75, 3.05) is 18.4 Å². The molecule has 0 spiro atoms. The van der Waals surface area contributed by atoms with Crippen LogP contribution in [0.15, 0.2) is 23.1 Å². The van der Waals surface area contributed by atoms with Crippen molar-refractivity contribution < 1.29 is 13.2 Å². The Balaban J connectivity index is 1.89. The van der Waals surface area contributed by atoms with E-state index in [1.54, 1.807) is 22.5 Å². The van der Waals surface area contributed by atoms with Crippen molar-refractivity contribution in [1.29, 1.82) is 0 Å². The third kappa shape index (κ3) is 2.82. The highest BCUT2D eigenvalue weighted by atomic mass is 32.2. The maximum absolute atomic E-state index is 12.9. The first-order valence-electron chi connectivity index (χ1n) is 8.09. The maximum Gasteiger partial charge on any atom is 0.243 e. The van der Waals surface area contributed by atoms with Gasteiger partial charge >= 0.3 is 0 Å². The fourth-order valence-corrected chi connectivity index (χ4v) is 4.87. The number of fused-ring (bicyclic) bond motifs is 1. The Bertz CT molecular complexity index is 645. The molecule has 1 N–H and O–H groups in total. The minimum Gasteiger partial charge on any atom is -0.486 e. The van der Waals surface area contributed by atoms with E-state index in [0.717, 1.165) is 37.1 Å². The van der Waals surface area contributed by atoms with Gasteiger partial charge in [0, 0.05) is 12.6 Å². The Morgan fingerprint density at radius 3 is 2.91 bits per heavy atom. The predicted octanol–water partition coefficient (Wildman–Crippen LogP) is 2.83. The van der Waals surface area contributed by atoms with Crippen molar-refractivity contribution in [3.8, 4) is 5.75 Å². The molecule has 6 heteroatoms. The third-order valence-electron chi connectivity index (χ3n) is 4.57. The smallest absolute Gasteiger partial charge is 0.243 e. The van der Waals surface area contributed by atoms with Crippen LogP contribution in [0.5, 0.6) is 5.75 Å². The van der Waals surface area contributed by atoms with Crippen LogP contribution < -0.4 is 10.1 Å². The Morgan fingerprint density at radius 1 is 1.36 bits per heavy atom. The van der Waals surface area contributed by atoms with Crippen molar-refractivity contribution in [2.45, 2.75) is 56.6 Å². The second kappa shape index (κ2) is 6.08. The monoisotopic (exact) mass is 324 g/mol. The van der Waals surface area contributed by atoms with Gasteiger partial charge in [0.2, 0.25) is 10.0 Å². The molecule has 1 aromatic rings. The molecular formula is C16H24N2O3S. The molecule has 1 saturated heterocycles. The summed E-state index contributed by atoms with van der Waals surface area (Å²) in [6.45, 7) is 5.39. The zero-order valence-electron chi connectivity index (χ0n) is 13.2. The molecule has 1 fully saturated rings. The maximum atomic E-state index is 12.9. The molecule has 0 amide bonds. The fraction of sp³-hybridized carbons (Fsp3) is 0.625. The predicted molar refractivity (Wildman–Crippen MR) is 86.8 cm³/mol. The van der Waals surface area contributed by atoms with Crippen LogP contribution in [0.4, 0.5) is 5.69 Å². The molecule has 1 aromatic carbocycles. The van der Waals surface area contributed by atoms with Gasteiger partial charge in [-0.1, -0.05) is 13.3 Å². The summed E-state index contributed by atoms with van der Waals surface area (Å²) in [7, 11) is -3.43. The molecule has 122 valence electrons. The minimum absolute atomic E-state index is 0.0727. The van der Waals surface area contributed by atoms with Crippen molar-refractivity contribution in [3.05, 3.63) is 18.2 Å². The highest BCUT2D eigenvalue weighted by Gasteiger charge is 2.32. The number of rotatable bonds is 3. The summed E-state index contributed by atoms with van der Waals surface area (Å²) in [6.07, 6.45) is 4.05. The molecule has 3 rings (SSSR count). The number of nitrogens with one attached hydrogen (secondary N) is 1. The van der Waals surface area contributed by atoms with Crippen molar-refractivity contribution in [1.82, 2.24) is 4.31 Å². The van der Waals surface area contributed by atoms with Gasteiger partial charge in [0.05, 0.1) is 17.1 Å². The molecular weight excluding hydrogens is 300 g/mol. The van der Waals surface area contributed by atoms with Crippen LogP contribution in [0.1, 0.15) is 39.5 Å². The highest BCUT2D eigenvalue weighted by Crippen LogP contribution is 2.34. The quantitative estimate of drug-likeness (QED) is 0.929. The van der Waals surface area contributed by atoms with E-state index in [1.807, 2.05) is 6.92 Å². The second-order valence-electron chi connectivity index (χ2n) is 6.15. The number of benzene rings is 1. The molecule has 0 bridgehead atoms. The lowest BCUT2D eigenvalue weighted by atomic mass is 10.1. The van der Waals surface area contributed by atoms with E-state index in [2.05, 4.69) is 12.2 Å². The average molecular weight is 324 g/mol. The fourth-order valence-electron chi connectivity index (χ4n) is 3.15. The minimum atomic E-state index is -3.43. The van der Waals surface area contributed by atoms with Gasteiger partial charge < -0.3 is 10.1 Å². The van der Waals surface area contributed by atoms with Crippen LogP contribution in [0.25, 0.3) is 0 Å². The van der Waals surface area contributed by atoms with E-state index in [-0.39, 0.29) is 12.1 Å². The van der Waals surface area contributed by atoms with Crippen LogP contribution in [0.2, 0.25) is 0 Å². The van der Waals surface area contributed by atoms with Crippen molar-refractivity contribution >= 4 is 15.7 Å². The lowest BCUT2D eigenvalue weighted by molar-refractivity contribution is 0.201. The zero-order chi connectivity index (χ0) is 15.7. The molecule has 2 aliphatic heterocycles. The van der Waals surface area contributed by atoms with Gasteiger partial charge in [-0.2, -0.15) is 4.31 Å². The number of nitrogens with zero attached hydrogens (tertiary/aromatic N) is 1. The first-order chi connectivity index (χ1) is 10.5. The van der Waals surface area contributed by atoms with Gasteiger partial charge in [0.15, 0.2) is 0 Å². The average Bonchev–Trinajstić information content (AvgIpc) is 2.54. The van der Waals surface area contributed by atoms with E-state index < -0.39 is 10.0 Å². The van der Waals surface area contributed by atoms with E-state index in [1.165, 1.54) is 0 Å². The van der Waals surface area contributed by atoms with Gasteiger partial charge in [-0.3, -0.25) is 0 Å². The Hall–Kier alpha value is -1.27. The lowest BCUT2D eigenvalue weighted by Crippen LogP contribution is -2.42. The Labute approximate surface area is 132 Å². The summed E-state index contributed by atoms with van der Waals surface area (Å²) in [5.41, 5.74) is 0.774. The first kappa shape index (κ1) is 15.6. The molecule has 22 heavy (non-hydrogen) atoms. The van der Waals surface area contributed by atoms with Crippen LogP contribution in [-0.2, 0) is 10.0 Å². The molecule has 2 aliphatic rings. The van der Waals surface area contributed by atoms with Crippen molar-refractivity contribution in [2.24, 2.45) is 0 Å². The largest absolute Gasteiger partial charge is 0.486 e. The number of hydrogen-bond donors (Lipinski definition) is 1. The van der Waals surface area contributed by atoms with Crippen LogP contribution in [0.3, 0.4) is 0 Å². The molecule has 0 saturated carbocycles. The summed E-state index contributed by atoms with van der Waals surface area (Å²) in [6, 6.07) is 5.21. The molecule has 0 aliphatic carbocycles. The Kier molecular flexibility index (Phi) is 4.32. The number of hydrogen-bond acceptors (Lipinski definition) is 4. The topological polar surface area (TPSA) is 58.6 Å². The van der Waals surface area contributed by atoms with E-state index in [4.69, 9.17) is 4.74 Å².